The summed E-state index contributed by atoms with van der Waals surface area (Å²) in [6.45, 7) is 3.07. The van der Waals surface area contributed by atoms with Crippen LogP contribution in [-0.2, 0) is 0 Å². The lowest BCUT2D eigenvalue weighted by atomic mass is 9.97. The molecule has 1 aromatic rings. The number of likely N-dealkylation sites (tertiary alicyclic amines) is 1. The van der Waals surface area contributed by atoms with E-state index < -0.39 is 5.97 Å². The Morgan fingerprint density at radius 3 is 2.84 bits per heavy atom. The Morgan fingerprint density at radius 2 is 2.26 bits per heavy atom. The largest absolute Gasteiger partial charge is 0.478 e. The second-order valence-corrected chi connectivity index (χ2v) is 5.09. The number of hydrogen-bond acceptors (Lipinski definition) is 5. The van der Waals surface area contributed by atoms with Crippen molar-refractivity contribution in [1.29, 1.82) is 0 Å². The molecule has 2 rings (SSSR count). The Kier molecular flexibility index (Phi) is 4.21. The molecule has 19 heavy (non-hydrogen) atoms. The quantitative estimate of drug-likeness (QED) is 0.754. The molecule has 6 nitrogen and oxygen atoms in total. The normalized spacial score (nSPS) is 17.3. The monoisotopic (exact) mass is 264 g/mol. The smallest absolute Gasteiger partial charge is 0.337 e. The molecule has 0 radical (unpaired) electrons. The van der Waals surface area contributed by atoms with Crippen LogP contribution in [0.5, 0.6) is 0 Å². The Hall–Kier alpha value is -1.82. The van der Waals surface area contributed by atoms with E-state index in [2.05, 4.69) is 22.2 Å². The van der Waals surface area contributed by atoms with Gasteiger partial charge < -0.3 is 21.1 Å². The highest BCUT2D eigenvalue weighted by Crippen LogP contribution is 2.20. The first kappa shape index (κ1) is 13.6. The van der Waals surface area contributed by atoms with Gasteiger partial charge in [-0.2, -0.15) is 0 Å². The molecule has 2 heterocycles. The number of piperidine rings is 1. The first-order valence-electron chi connectivity index (χ1n) is 6.47. The minimum atomic E-state index is -1.01. The molecular weight excluding hydrogens is 244 g/mol. The summed E-state index contributed by atoms with van der Waals surface area (Å²) in [6.07, 6.45) is 3.66. The molecule has 1 aliphatic rings. The average molecular weight is 264 g/mol. The Bertz CT molecular complexity index is 456. The maximum Gasteiger partial charge on any atom is 0.337 e. The molecule has 0 spiro atoms. The van der Waals surface area contributed by atoms with Crippen LogP contribution in [0.2, 0.25) is 0 Å². The van der Waals surface area contributed by atoms with Gasteiger partial charge in [-0.1, -0.05) is 0 Å². The number of aromatic carboxylic acids is 1. The first-order chi connectivity index (χ1) is 9.06. The van der Waals surface area contributed by atoms with Crippen LogP contribution in [0.1, 0.15) is 23.2 Å². The lowest BCUT2D eigenvalue weighted by Gasteiger charge is -2.29. The van der Waals surface area contributed by atoms with Gasteiger partial charge in [-0.15, -0.1) is 0 Å². The van der Waals surface area contributed by atoms with E-state index in [4.69, 9.17) is 10.8 Å². The van der Waals surface area contributed by atoms with Crippen molar-refractivity contribution in [2.45, 2.75) is 12.8 Å². The fourth-order valence-corrected chi connectivity index (χ4v) is 2.25. The molecule has 0 amide bonds. The lowest BCUT2D eigenvalue weighted by molar-refractivity contribution is 0.0696. The zero-order chi connectivity index (χ0) is 13.8. The van der Waals surface area contributed by atoms with Gasteiger partial charge in [-0.3, -0.25) is 0 Å². The molecule has 1 aromatic heterocycles. The third-order valence-electron chi connectivity index (χ3n) is 3.56. The molecule has 0 atom stereocenters. The lowest BCUT2D eigenvalue weighted by Crippen LogP contribution is -2.33. The zero-order valence-corrected chi connectivity index (χ0v) is 11.1. The summed E-state index contributed by atoms with van der Waals surface area (Å²) in [5.41, 5.74) is 6.30. The second-order valence-electron chi connectivity index (χ2n) is 5.09. The number of carboxylic acid groups (broad SMARTS) is 1. The number of nitrogens with one attached hydrogen (secondary N) is 1. The van der Waals surface area contributed by atoms with Gasteiger partial charge in [0.15, 0.2) is 0 Å². The minimum Gasteiger partial charge on any atom is -0.478 e. The number of nitrogens with two attached hydrogens (primary N) is 1. The predicted octanol–water partition coefficient (Wildman–Crippen LogP) is 1.12. The summed E-state index contributed by atoms with van der Waals surface area (Å²) in [5, 5.41) is 12.1. The third kappa shape index (κ3) is 3.57. The van der Waals surface area contributed by atoms with Crippen LogP contribution in [0.3, 0.4) is 0 Å². The second kappa shape index (κ2) is 5.88. The fourth-order valence-electron chi connectivity index (χ4n) is 2.25. The van der Waals surface area contributed by atoms with Gasteiger partial charge in [-0.05, 0) is 45.0 Å². The number of nitrogens with zero attached hydrogens (tertiary/aromatic N) is 2. The van der Waals surface area contributed by atoms with Gasteiger partial charge in [0.1, 0.15) is 5.82 Å². The third-order valence-corrected chi connectivity index (χ3v) is 3.56. The molecule has 0 bridgehead atoms. The number of carbonyl (C=O) groups is 1. The Morgan fingerprint density at radius 1 is 1.58 bits per heavy atom. The van der Waals surface area contributed by atoms with Crippen molar-refractivity contribution in [1.82, 2.24) is 9.88 Å². The van der Waals surface area contributed by atoms with Gasteiger partial charge in [0.2, 0.25) is 0 Å². The van der Waals surface area contributed by atoms with E-state index in [0.717, 1.165) is 32.5 Å². The summed E-state index contributed by atoms with van der Waals surface area (Å²) < 4.78 is 0. The van der Waals surface area contributed by atoms with E-state index in [-0.39, 0.29) is 5.56 Å². The Labute approximate surface area is 112 Å². The molecule has 104 valence electrons. The van der Waals surface area contributed by atoms with Crippen LogP contribution in [0.25, 0.3) is 0 Å². The SMILES string of the molecule is CN1CCC(CNc2ncc(C(=O)O)cc2N)CC1. The Balaban J connectivity index is 1.91. The number of aromatic nitrogens is 1. The first-order valence-corrected chi connectivity index (χ1v) is 6.47. The highest BCUT2D eigenvalue weighted by molar-refractivity contribution is 5.89. The maximum atomic E-state index is 10.8. The molecule has 0 saturated carbocycles. The van der Waals surface area contributed by atoms with Crippen molar-refractivity contribution in [2.75, 3.05) is 37.7 Å². The van der Waals surface area contributed by atoms with Crippen molar-refractivity contribution >= 4 is 17.5 Å². The molecular formula is C13H20N4O2. The minimum absolute atomic E-state index is 0.113. The predicted molar refractivity (Wildman–Crippen MR) is 74.3 cm³/mol. The number of anilines is 2. The van der Waals surface area contributed by atoms with Gasteiger partial charge in [0.25, 0.3) is 0 Å². The van der Waals surface area contributed by atoms with Gasteiger partial charge >= 0.3 is 5.97 Å². The number of nitrogen functional groups attached to an aromatic ring is 1. The molecule has 4 N–H and O–H groups in total. The number of hydrogen-bond donors (Lipinski definition) is 3. The summed E-state index contributed by atoms with van der Waals surface area (Å²) in [4.78, 5) is 17.2. The molecule has 6 heteroatoms. The van der Waals surface area contributed by atoms with Crippen LogP contribution in [0, 0.1) is 5.92 Å². The van der Waals surface area contributed by atoms with E-state index in [1.165, 1.54) is 12.3 Å². The molecule has 1 aliphatic heterocycles. The number of pyridine rings is 1. The number of rotatable bonds is 4. The zero-order valence-electron chi connectivity index (χ0n) is 11.1. The van der Waals surface area contributed by atoms with Crippen LogP contribution < -0.4 is 11.1 Å². The van der Waals surface area contributed by atoms with Crippen LogP contribution in [0.4, 0.5) is 11.5 Å². The molecule has 1 fully saturated rings. The fraction of sp³-hybridized carbons (Fsp3) is 0.538. The average Bonchev–Trinajstić information content (AvgIpc) is 2.39. The molecule has 0 aliphatic carbocycles. The standard InChI is InChI=1S/C13H20N4O2/c1-17-4-2-9(3-5-17)7-15-12-11(14)6-10(8-16-12)13(18)19/h6,8-9H,2-5,7,14H2,1H3,(H,15,16)(H,18,19). The van der Waals surface area contributed by atoms with Crippen molar-refractivity contribution in [3.63, 3.8) is 0 Å². The van der Waals surface area contributed by atoms with E-state index in [0.29, 0.717) is 17.4 Å². The number of carboxylic acids is 1. The summed E-state index contributed by atoms with van der Waals surface area (Å²) in [6, 6.07) is 1.44. The topological polar surface area (TPSA) is 91.5 Å². The summed E-state index contributed by atoms with van der Waals surface area (Å²) in [5.74, 6) is 0.182. The van der Waals surface area contributed by atoms with E-state index in [9.17, 15) is 4.79 Å². The van der Waals surface area contributed by atoms with E-state index in [1.807, 2.05) is 0 Å². The maximum absolute atomic E-state index is 10.8. The van der Waals surface area contributed by atoms with Gasteiger partial charge in [0.05, 0.1) is 11.3 Å². The highest BCUT2D eigenvalue weighted by Gasteiger charge is 2.17. The van der Waals surface area contributed by atoms with Crippen LogP contribution >= 0.6 is 0 Å². The molecule has 0 unspecified atom stereocenters. The van der Waals surface area contributed by atoms with Crippen molar-refractivity contribution in [3.05, 3.63) is 17.8 Å². The summed E-state index contributed by atoms with van der Waals surface area (Å²) >= 11 is 0. The van der Waals surface area contributed by atoms with Crippen molar-refractivity contribution in [3.8, 4) is 0 Å². The van der Waals surface area contributed by atoms with Crippen molar-refractivity contribution in [2.24, 2.45) is 5.92 Å². The van der Waals surface area contributed by atoms with E-state index >= 15 is 0 Å². The molecule has 0 aromatic carbocycles. The molecule has 1 saturated heterocycles. The highest BCUT2D eigenvalue weighted by atomic mass is 16.4. The van der Waals surface area contributed by atoms with Gasteiger partial charge in [0, 0.05) is 12.7 Å². The van der Waals surface area contributed by atoms with Crippen molar-refractivity contribution < 1.29 is 9.90 Å². The van der Waals surface area contributed by atoms with Crippen LogP contribution in [-0.4, -0.2) is 47.6 Å². The van der Waals surface area contributed by atoms with Crippen LogP contribution in [0.15, 0.2) is 12.3 Å². The van der Waals surface area contributed by atoms with Gasteiger partial charge in [-0.25, -0.2) is 9.78 Å². The summed E-state index contributed by atoms with van der Waals surface area (Å²) in [7, 11) is 2.13. The van der Waals surface area contributed by atoms with E-state index in [1.54, 1.807) is 0 Å².